The number of carbonyl (C=O) groups is 1. The van der Waals surface area contributed by atoms with Gasteiger partial charge in [-0.1, -0.05) is 56.6 Å². The molecule has 0 bridgehead atoms. The van der Waals surface area contributed by atoms with Crippen LogP contribution in [0.3, 0.4) is 0 Å². The number of ketones is 1. The summed E-state index contributed by atoms with van der Waals surface area (Å²) >= 11 is 5.99. The number of Topliss-reactive ketones (excluding diaryl/α,β-unsaturated/α-hetero) is 1. The molecule has 0 saturated carbocycles. The summed E-state index contributed by atoms with van der Waals surface area (Å²) in [5, 5.41) is 3.88. The highest BCUT2D eigenvalue weighted by Crippen LogP contribution is 2.32. The number of hydrogen-bond donors (Lipinski definition) is 2. The molecule has 0 saturated heterocycles. The number of rotatable bonds is 6. The molecule has 172 valence electrons. The van der Waals surface area contributed by atoms with E-state index >= 15 is 4.39 Å². The van der Waals surface area contributed by atoms with Gasteiger partial charge in [-0.25, -0.2) is 13.8 Å². The van der Waals surface area contributed by atoms with Crippen LogP contribution in [0.1, 0.15) is 48.7 Å². The Morgan fingerprint density at radius 1 is 1.24 bits per heavy atom. The molecule has 2 heterocycles. The smallest absolute Gasteiger partial charge is 0.200 e. The van der Waals surface area contributed by atoms with Gasteiger partial charge in [-0.2, -0.15) is 0 Å². The number of halogens is 3. The van der Waals surface area contributed by atoms with Gasteiger partial charge in [0.25, 0.3) is 0 Å². The Kier molecular flexibility index (Phi) is 6.50. The fraction of sp³-hybridized carbons (Fsp3) is 0.308. The molecule has 7 heteroatoms. The van der Waals surface area contributed by atoms with Gasteiger partial charge in [0.15, 0.2) is 0 Å². The van der Waals surface area contributed by atoms with Crippen molar-refractivity contribution in [2.75, 3.05) is 6.54 Å². The average Bonchev–Trinajstić information content (AvgIpc) is 3.18. The zero-order valence-electron chi connectivity index (χ0n) is 18.8. The van der Waals surface area contributed by atoms with E-state index in [2.05, 4.69) is 60.3 Å². The Hall–Kier alpha value is -2.83. The van der Waals surface area contributed by atoms with Crippen molar-refractivity contribution in [1.82, 2.24) is 15.3 Å². The highest BCUT2D eigenvalue weighted by atomic mass is 35.5. The summed E-state index contributed by atoms with van der Waals surface area (Å²) in [6.07, 6.45) is 4.93. The number of aromatic nitrogens is 2. The molecule has 0 fully saturated rings. The fourth-order valence-electron chi connectivity index (χ4n) is 3.97. The first-order valence-electron chi connectivity index (χ1n) is 10.9. The lowest BCUT2D eigenvalue weighted by molar-refractivity contribution is 0.103. The van der Waals surface area contributed by atoms with E-state index in [1.54, 1.807) is 6.07 Å². The SMILES string of the molecule is CC(C)(C)c1ccc(CCNC2CC=C(F)C(C(=O)c3c[nH]c4ncc(Cl)cc34)=C2F)cc1. The third kappa shape index (κ3) is 4.92. The molecule has 1 aromatic carbocycles. The second-order valence-corrected chi connectivity index (χ2v) is 9.73. The molecule has 2 N–H and O–H groups in total. The normalized spacial score (nSPS) is 16.9. The summed E-state index contributed by atoms with van der Waals surface area (Å²) in [4.78, 5) is 20.0. The van der Waals surface area contributed by atoms with E-state index in [-0.39, 0.29) is 17.4 Å². The number of pyridine rings is 1. The summed E-state index contributed by atoms with van der Waals surface area (Å²) in [6.45, 7) is 6.98. The van der Waals surface area contributed by atoms with Gasteiger partial charge in [0, 0.05) is 23.3 Å². The molecule has 0 amide bonds. The van der Waals surface area contributed by atoms with Crippen molar-refractivity contribution in [1.29, 1.82) is 0 Å². The fourth-order valence-corrected chi connectivity index (χ4v) is 4.13. The highest BCUT2D eigenvalue weighted by molar-refractivity contribution is 6.31. The average molecular weight is 470 g/mol. The summed E-state index contributed by atoms with van der Waals surface area (Å²) in [5.74, 6) is -2.37. The molecule has 2 aromatic heterocycles. The first kappa shape index (κ1) is 23.3. The molecule has 1 unspecified atom stereocenters. The number of allylic oxidation sites excluding steroid dienone is 2. The van der Waals surface area contributed by atoms with Crippen LogP contribution in [-0.2, 0) is 11.8 Å². The van der Waals surface area contributed by atoms with Crippen LogP contribution in [0.4, 0.5) is 8.78 Å². The molecule has 0 aliphatic heterocycles. The summed E-state index contributed by atoms with van der Waals surface area (Å²) < 4.78 is 29.8. The topological polar surface area (TPSA) is 57.8 Å². The van der Waals surface area contributed by atoms with Crippen molar-refractivity contribution in [3.63, 3.8) is 0 Å². The van der Waals surface area contributed by atoms with E-state index in [0.717, 1.165) is 5.56 Å². The summed E-state index contributed by atoms with van der Waals surface area (Å²) in [5.41, 5.74) is 2.46. The van der Waals surface area contributed by atoms with Gasteiger partial charge in [0.2, 0.25) is 5.78 Å². The maximum Gasteiger partial charge on any atom is 0.200 e. The summed E-state index contributed by atoms with van der Waals surface area (Å²) in [7, 11) is 0. The lowest BCUT2D eigenvalue weighted by Gasteiger charge is -2.22. The Morgan fingerprint density at radius 3 is 2.67 bits per heavy atom. The first-order valence-corrected chi connectivity index (χ1v) is 11.3. The van der Waals surface area contributed by atoms with Crippen LogP contribution in [-0.4, -0.2) is 28.3 Å². The van der Waals surface area contributed by atoms with Crippen LogP contribution in [0, 0.1) is 0 Å². The second-order valence-electron chi connectivity index (χ2n) is 9.30. The van der Waals surface area contributed by atoms with Crippen LogP contribution in [0.15, 0.2) is 66.0 Å². The monoisotopic (exact) mass is 469 g/mol. The quantitative estimate of drug-likeness (QED) is 0.412. The number of nitrogens with zero attached hydrogens (tertiary/aromatic N) is 1. The van der Waals surface area contributed by atoms with Crippen molar-refractivity contribution in [3.8, 4) is 0 Å². The number of hydrogen-bond acceptors (Lipinski definition) is 3. The van der Waals surface area contributed by atoms with Crippen molar-refractivity contribution in [2.24, 2.45) is 0 Å². The van der Waals surface area contributed by atoms with Gasteiger partial charge in [-0.3, -0.25) is 4.79 Å². The van der Waals surface area contributed by atoms with Gasteiger partial charge >= 0.3 is 0 Å². The second kappa shape index (κ2) is 9.20. The molecule has 1 atom stereocenters. The Labute approximate surface area is 196 Å². The van der Waals surface area contributed by atoms with Crippen LogP contribution in [0.25, 0.3) is 11.0 Å². The molecule has 1 aliphatic carbocycles. The van der Waals surface area contributed by atoms with E-state index < -0.39 is 29.1 Å². The molecule has 3 aromatic rings. The predicted octanol–water partition coefficient (Wildman–Crippen LogP) is 6.38. The zero-order chi connectivity index (χ0) is 23.8. The molecule has 0 spiro atoms. The highest BCUT2D eigenvalue weighted by Gasteiger charge is 2.31. The van der Waals surface area contributed by atoms with Crippen LogP contribution in [0.5, 0.6) is 0 Å². The maximum atomic E-state index is 15.3. The molecular formula is C26H26ClF2N3O. The lowest BCUT2D eigenvalue weighted by Crippen LogP contribution is -2.34. The third-order valence-corrected chi connectivity index (χ3v) is 6.12. The molecule has 0 radical (unpaired) electrons. The first-order chi connectivity index (χ1) is 15.6. The maximum absolute atomic E-state index is 15.3. The van der Waals surface area contributed by atoms with E-state index in [4.69, 9.17) is 11.6 Å². The van der Waals surface area contributed by atoms with E-state index in [9.17, 15) is 9.18 Å². The van der Waals surface area contributed by atoms with Gasteiger partial charge in [-0.15, -0.1) is 0 Å². The number of benzene rings is 1. The Bertz CT molecular complexity index is 1250. The number of nitrogens with one attached hydrogen (secondary N) is 2. The summed E-state index contributed by atoms with van der Waals surface area (Å²) in [6, 6.07) is 9.14. The van der Waals surface area contributed by atoms with Gasteiger partial charge in [-0.05, 0) is 48.1 Å². The minimum Gasteiger partial charge on any atom is -0.345 e. The number of aromatic amines is 1. The van der Waals surface area contributed by atoms with Crippen molar-refractivity contribution in [3.05, 3.63) is 87.7 Å². The Balaban J connectivity index is 1.48. The molecular weight excluding hydrogens is 444 g/mol. The third-order valence-electron chi connectivity index (χ3n) is 5.91. The molecule has 1 aliphatic rings. The minimum absolute atomic E-state index is 0.0817. The predicted molar refractivity (Wildman–Crippen MR) is 128 cm³/mol. The number of H-pyrrole nitrogens is 1. The number of fused-ring (bicyclic) bond motifs is 1. The van der Waals surface area contributed by atoms with Crippen LogP contribution >= 0.6 is 11.6 Å². The van der Waals surface area contributed by atoms with E-state index in [1.807, 2.05) is 0 Å². The van der Waals surface area contributed by atoms with Gasteiger partial charge in [0.05, 0.1) is 16.6 Å². The largest absolute Gasteiger partial charge is 0.345 e. The standard InChI is InChI=1S/C26H26ClF2N3O/c1-26(2,3)16-6-4-15(5-7-16)10-11-30-21-9-8-20(28)22(23(21)29)24(33)19-14-32-25-18(19)12-17(27)13-31-25/h4-8,12-14,21,30H,9-11H2,1-3H3,(H,31,32). The van der Waals surface area contributed by atoms with Gasteiger partial charge in [0.1, 0.15) is 17.3 Å². The van der Waals surface area contributed by atoms with Crippen molar-refractivity contribution >= 4 is 28.4 Å². The molecule has 33 heavy (non-hydrogen) atoms. The minimum atomic E-state index is -0.849. The Morgan fingerprint density at radius 2 is 1.97 bits per heavy atom. The lowest BCUT2D eigenvalue weighted by atomic mass is 9.86. The number of carbonyl (C=O) groups excluding carboxylic acids is 1. The van der Waals surface area contributed by atoms with Crippen LogP contribution < -0.4 is 5.32 Å². The van der Waals surface area contributed by atoms with Crippen LogP contribution in [0.2, 0.25) is 5.02 Å². The van der Waals surface area contributed by atoms with Crippen molar-refractivity contribution in [2.45, 2.75) is 45.1 Å². The van der Waals surface area contributed by atoms with Crippen molar-refractivity contribution < 1.29 is 13.6 Å². The van der Waals surface area contributed by atoms with E-state index in [0.29, 0.717) is 29.0 Å². The van der Waals surface area contributed by atoms with Gasteiger partial charge < -0.3 is 10.3 Å². The van der Waals surface area contributed by atoms with E-state index in [1.165, 1.54) is 24.0 Å². The molecule has 4 nitrogen and oxygen atoms in total. The molecule has 4 rings (SSSR count). The zero-order valence-corrected chi connectivity index (χ0v) is 19.6.